The number of nitrogens with zero attached hydrogens (tertiary/aromatic N) is 1. The molecular formula is C9H9F3N2O2. The van der Waals surface area contributed by atoms with Gasteiger partial charge in [-0.1, -0.05) is 0 Å². The lowest BCUT2D eigenvalue weighted by molar-refractivity contribution is -0.137. The molecule has 88 valence electrons. The molecule has 16 heavy (non-hydrogen) atoms. The van der Waals surface area contributed by atoms with Crippen LogP contribution < -0.4 is 5.32 Å². The number of pyridine rings is 1. The van der Waals surface area contributed by atoms with Gasteiger partial charge in [0, 0.05) is 13.3 Å². The lowest BCUT2D eigenvalue weighted by atomic mass is 10.2. The minimum Gasteiger partial charge on any atom is -0.375 e. The molecule has 0 radical (unpaired) electrons. The van der Waals surface area contributed by atoms with E-state index in [2.05, 4.69) is 15.0 Å². The Labute approximate surface area is 89.4 Å². The lowest BCUT2D eigenvalue weighted by Crippen LogP contribution is -2.18. The Bertz CT molecular complexity index is 379. The summed E-state index contributed by atoms with van der Waals surface area (Å²) in [5, 5.41) is 2.18. The van der Waals surface area contributed by atoms with E-state index in [0.29, 0.717) is 0 Å². The first-order valence-corrected chi connectivity index (χ1v) is 4.25. The third kappa shape index (κ3) is 3.50. The van der Waals surface area contributed by atoms with Crippen LogP contribution in [-0.2, 0) is 15.7 Å². The molecule has 4 nitrogen and oxygen atoms in total. The molecule has 7 heteroatoms. The largest absolute Gasteiger partial charge is 0.416 e. The molecule has 0 unspecified atom stereocenters. The van der Waals surface area contributed by atoms with Crippen molar-refractivity contribution >= 4 is 11.7 Å². The SMILES string of the molecule is COCC(=O)Nc1cc(C(F)(F)F)ccn1. The molecule has 0 aromatic carbocycles. The minimum atomic E-state index is -4.45. The number of methoxy groups -OCH3 is 1. The fraction of sp³-hybridized carbons (Fsp3) is 0.333. The first-order chi connectivity index (χ1) is 7.43. The highest BCUT2D eigenvalue weighted by atomic mass is 19.4. The summed E-state index contributed by atoms with van der Waals surface area (Å²) in [5.74, 6) is -0.716. The molecule has 0 spiro atoms. The number of alkyl halides is 3. The van der Waals surface area contributed by atoms with E-state index in [9.17, 15) is 18.0 Å². The van der Waals surface area contributed by atoms with Crippen molar-refractivity contribution < 1.29 is 22.7 Å². The number of hydrogen-bond acceptors (Lipinski definition) is 3. The van der Waals surface area contributed by atoms with Gasteiger partial charge in [-0.15, -0.1) is 0 Å². The molecule has 1 N–H and O–H groups in total. The average Bonchev–Trinajstić information content (AvgIpc) is 2.17. The smallest absolute Gasteiger partial charge is 0.375 e. The molecule has 1 aromatic rings. The molecule has 1 heterocycles. The summed E-state index contributed by atoms with van der Waals surface area (Å²) in [6, 6.07) is 1.58. The number of ether oxygens (including phenoxy) is 1. The summed E-state index contributed by atoms with van der Waals surface area (Å²) in [4.78, 5) is 14.6. The topological polar surface area (TPSA) is 51.2 Å². The maximum atomic E-state index is 12.3. The van der Waals surface area contributed by atoms with E-state index in [4.69, 9.17) is 0 Å². The number of hydrogen-bond donors (Lipinski definition) is 1. The van der Waals surface area contributed by atoms with Gasteiger partial charge in [-0.05, 0) is 12.1 Å². The standard InChI is InChI=1S/C9H9F3N2O2/c1-16-5-8(15)14-7-4-6(2-3-13-7)9(10,11)12/h2-4H,5H2,1H3,(H,13,14,15). The molecule has 0 fully saturated rings. The second kappa shape index (κ2) is 4.93. The molecule has 0 saturated carbocycles. The van der Waals surface area contributed by atoms with Gasteiger partial charge in [0.25, 0.3) is 5.91 Å². The van der Waals surface area contributed by atoms with Gasteiger partial charge in [-0.2, -0.15) is 13.2 Å². The van der Waals surface area contributed by atoms with Crippen LogP contribution in [0.25, 0.3) is 0 Å². The monoisotopic (exact) mass is 234 g/mol. The summed E-state index contributed by atoms with van der Waals surface area (Å²) < 4.78 is 41.4. The zero-order valence-corrected chi connectivity index (χ0v) is 8.34. The molecule has 1 amide bonds. The second-order valence-corrected chi connectivity index (χ2v) is 2.91. The zero-order valence-electron chi connectivity index (χ0n) is 8.34. The van der Waals surface area contributed by atoms with Gasteiger partial charge in [0.15, 0.2) is 0 Å². The van der Waals surface area contributed by atoms with Crippen molar-refractivity contribution in [1.29, 1.82) is 0 Å². The lowest BCUT2D eigenvalue weighted by Gasteiger charge is -2.08. The number of carbonyl (C=O) groups excluding carboxylic acids is 1. The van der Waals surface area contributed by atoms with E-state index in [0.717, 1.165) is 18.3 Å². The van der Waals surface area contributed by atoms with Crippen LogP contribution in [0.3, 0.4) is 0 Å². The van der Waals surface area contributed by atoms with E-state index in [-0.39, 0.29) is 12.4 Å². The van der Waals surface area contributed by atoms with Gasteiger partial charge < -0.3 is 10.1 Å². The fourth-order valence-electron chi connectivity index (χ4n) is 0.985. The Balaban J connectivity index is 2.79. The van der Waals surface area contributed by atoms with E-state index in [1.807, 2.05) is 0 Å². The number of rotatable bonds is 3. The Morgan fingerprint density at radius 1 is 1.56 bits per heavy atom. The third-order valence-corrected chi connectivity index (χ3v) is 1.63. The molecular weight excluding hydrogens is 225 g/mol. The molecule has 1 aromatic heterocycles. The van der Waals surface area contributed by atoms with Gasteiger partial charge in [-0.3, -0.25) is 4.79 Å². The van der Waals surface area contributed by atoms with Crippen molar-refractivity contribution in [3.63, 3.8) is 0 Å². The molecule has 0 bridgehead atoms. The predicted molar refractivity (Wildman–Crippen MR) is 49.7 cm³/mol. The number of anilines is 1. The Morgan fingerprint density at radius 3 is 2.81 bits per heavy atom. The van der Waals surface area contributed by atoms with Gasteiger partial charge in [-0.25, -0.2) is 4.98 Å². The molecule has 1 rings (SSSR count). The highest BCUT2D eigenvalue weighted by Gasteiger charge is 2.30. The maximum absolute atomic E-state index is 12.3. The van der Waals surface area contributed by atoms with Crippen LogP contribution in [0.5, 0.6) is 0 Å². The summed E-state index contributed by atoms with van der Waals surface area (Å²) in [6.07, 6.45) is -3.48. The van der Waals surface area contributed by atoms with Crippen molar-refractivity contribution in [3.05, 3.63) is 23.9 Å². The number of amides is 1. The van der Waals surface area contributed by atoms with E-state index in [1.165, 1.54) is 7.11 Å². The first kappa shape index (κ1) is 12.4. The van der Waals surface area contributed by atoms with Crippen LogP contribution in [0, 0.1) is 0 Å². The Kier molecular flexibility index (Phi) is 3.83. The van der Waals surface area contributed by atoms with Crippen LogP contribution in [0.2, 0.25) is 0 Å². The van der Waals surface area contributed by atoms with Crippen molar-refractivity contribution in [1.82, 2.24) is 4.98 Å². The Hall–Kier alpha value is -1.63. The van der Waals surface area contributed by atoms with Crippen molar-refractivity contribution in [2.75, 3.05) is 19.0 Å². The van der Waals surface area contributed by atoms with E-state index >= 15 is 0 Å². The van der Waals surface area contributed by atoms with Gasteiger partial charge in [0.1, 0.15) is 12.4 Å². The highest BCUT2D eigenvalue weighted by Crippen LogP contribution is 2.29. The van der Waals surface area contributed by atoms with Crippen LogP contribution in [0.4, 0.5) is 19.0 Å². The van der Waals surface area contributed by atoms with Crippen LogP contribution in [0.15, 0.2) is 18.3 Å². The van der Waals surface area contributed by atoms with Gasteiger partial charge in [0.2, 0.25) is 0 Å². The van der Waals surface area contributed by atoms with Crippen molar-refractivity contribution in [2.45, 2.75) is 6.18 Å². The highest BCUT2D eigenvalue weighted by molar-refractivity contribution is 5.90. The van der Waals surface area contributed by atoms with Gasteiger partial charge in [0.05, 0.1) is 5.56 Å². The normalized spacial score (nSPS) is 11.2. The molecule has 0 aliphatic rings. The molecule has 0 saturated heterocycles. The quantitative estimate of drug-likeness (QED) is 0.865. The summed E-state index contributed by atoms with van der Waals surface area (Å²) in [6.45, 7) is -0.238. The van der Waals surface area contributed by atoms with Crippen LogP contribution >= 0.6 is 0 Å². The predicted octanol–water partition coefficient (Wildman–Crippen LogP) is 1.69. The fourth-order valence-corrected chi connectivity index (χ4v) is 0.985. The second-order valence-electron chi connectivity index (χ2n) is 2.91. The van der Waals surface area contributed by atoms with E-state index in [1.54, 1.807) is 0 Å². The number of aromatic nitrogens is 1. The average molecular weight is 234 g/mol. The van der Waals surface area contributed by atoms with Crippen molar-refractivity contribution in [3.8, 4) is 0 Å². The van der Waals surface area contributed by atoms with Crippen LogP contribution in [-0.4, -0.2) is 24.6 Å². The maximum Gasteiger partial charge on any atom is 0.416 e. The zero-order chi connectivity index (χ0) is 12.2. The number of carbonyl (C=O) groups is 1. The Morgan fingerprint density at radius 2 is 2.25 bits per heavy atom. The molecule has 0 aliphatic heterocycles. The third-order valence-electron chi connectivity index (χ3n) is 1.63. The number of nitrogens with one attached hydrogen (secondary N) is 1. The molecule has 0 atom stereocenters. The first-order valence-electron chi connectivity index (χ1n) is 4.25. The van der Waals surface area contributed by atoms with E-state index < -0.39 is 17.6 Å². The molecule has 0 aliphatic carbocycles. The van der Waals surface area contributed by atoms with Crippen LogP contribution in [0.1, 0.15) is 5.56 Å². The number of halogens is 3. The van der Waals surface area contributed by atoms with Gasteiger partial charge >= 0.3 is 6.18 Å². The van der Waals surface area contributed by atoms with Crippen molar-refractivity contribution in [2.24, 2.45) is 0 Å². The summed E-state index contributed by atoms with van der Waals surface area (Å²) >= 11 is 0. The minimum absolute atomic E-state index is 0.156. The summed E-state index contributed by atoms with van der Waals surface area (Å²) in [5.41, 5.74) is -0.866. The summed E-state index contributed by atoms with van der Waals surface area (Å²) in [7, 11) is 1.30.